The van der Waals surface area contributed by atoms with Gasteiger partial charge in [0.05, 0.1) is 10.8 Å². The summed E-state index contributed by atoms with van der Waals surface area (Å²) in [6.07, 6.45) is 3.02. The van der Waals surface area contributed by atoms with Crippen molar-refractivity contribution < 1.29 is 8.42 Å². The highest BCUT2D eigenvalue weighted by atomic mass is 35.5. The van der Waals surface area contributed by atoms with Crippen molar-refractivity contribution >= 4 is 21.6 Å². The van der Waals surface area contributed by atoms with Gasteiger partial charge in [0, 0.05) is 25.0 Å². The molecule has 0 saturated carbocycles. The van der Waals surface area contributed by atoms with Crippen LogP contribution in [-0.4, -0.2) is 30.8 Å². The van der Waals surface area contributed by atoms with Crippen LogP contribution in [0.5, 0.6) is 0 Å². The molecule has 0 unspecified atom stereocenters. The zero-order chi connectivity index (χ0) is 14.9. The molecule has 0 aliphatic carbocycles. The lowest BCUT2D eigenvalue weighted by Gasteiger charge is -2.18. The fourth-order valence-corrected chi connectivity index (χ4v) is 4.30. The Labute approximate surface area is 129 Å². The molecule has 1 aliphatic heterocycles. The largest absolute Gasteiger partial charge is 0.363 e. The lowest BCUT2D eigenvalue weighted by Crippen LogP contribution is -2.33. The van der Waals surface area contributed by atoms with E-state index in [1.165, 1.54) is 17.3 Å². The van der Waals surface area contributed by atoms with Crippen molar-refractivity contribution in [3.8, 4) is 0 Å². The Morgan fingerprint density at radius 1 is 1.14 bits per heavy atom. The Hall–Kier alpha value is -1.30. The Balaban J connectivity index is 1.84. The molecule has 112 valence electrons. The van der Waals surface area contributed by atoms with E-state index in [1.807, 2.05) is 12.1 Å². The number of nitrogens with zero attached hydrogens (tertiary/aromatic N) is 1. The fraction of sp³-hybridized carbons (Fsp3) is 0.333. The number of aromatic nitrogens is 1. The molecular weight excluding hydrogens is 308 g/mol. The zero-order valence-electron chi connectivity index (χ0n) is 11.5. The second kappa shape index (κ2) is 5.83. The average molecular weight is 325 g/mol. The molecule has 6 heteroatoms. The van der Waals surface area contributed by atoms with Gasteiger partial charge in [-0.25, -0.2) is 8.42 Å². The summed E-state index contributed by atoms with van der Waals surface area (Å²) in [6.45, 7) is 1.03. The number of halogens is 1. The number of benzene rings is 1. The maximum Gasteiger partial charge on any atom is 0.244 e. The summed E-state index contributed by atoms with van der Waals surface area (Å²) in [6, 6.07) is 9.77. The van der Waals surface area contributed by atoms with Gasteiger partial charge >= 0.3 is 0 Å². The van der Waals surface area contributed by atoms with Crippen LogP contribution in [0.1, 0.15) is 16.8 Å². The van der Waals surface area contributed by atoms with Crippen LogP contribution in [0.2, 0.25) is 0 Å². The molecule has 2 heterocycles. The number of hydrogen-bond acceptors (Lipinski definition) is 2. The normalized spacial score (nSPS) is 16.4. The number of H-pyrrole nitrogens is 1. The van der Waals surface area contributed by atoms with E-state index < -0.39 is 10.0 Å². The van der Waals surface area contributed by atoms with Crippen molar-refractivity contribution in [2.24, 2.45) is 0 Å². The number of fused-ring (bicyclic) bond motifs is 1. The first-order valence-electron chi connectivity index (χ1n) is 6.91. The molecule has 21 heavy (non-hydrogen) atoms. The summed E-state index contributed by atoms with van der Waals surface area (Å²) in [5.41, 5.74) is 3.20. The highest BCUT2D eigenvalue weighted by Gasteiger charge is 2.27. The minimum Gasteiger partial charge on any atom is -0.363 e. The molecule has 0 amide bonds. The summed E-state index contributed by atoms with van der Waals surface area (Å²) < 4.78 is 26.9. The molecule has 1 N–H and O–H groups in total. The topological polar surface area (TPSA) is 53.2 Å². The van der Waals surface area contributed by atoms with Crippen LogP contribution in [0.3, 0.4) is 0 Å². The quantitative estimate of drug-likeness (QED) is 0.882. The van der Waals surface area contributed by atoms with Gasteiger partial charge in [-0.1, -0.05) is 24.3 Å². The Kier molecular flexibility index (Phi) is 4.06. The van der Waals surface area contributed by atoms with E-state index in [0.717, 1.165) is 12.8 Å². The highest BCUT2D eigenvalue weighted by molar-refractivity contribution is 7.89. The fourth-order valence-electron chi connectivity index (χ4n) is 2.68. The van der Waals surface area contributed by atoms with Crippen molar-refractivity contribution in [3.05, 3.63) is 53.3 Å². The summed E-state index contributed by atoms with van der Waals surface area (Å²) in [5.74, 6) is 0.279. The SMILES string of the molecule is O=S(=O)(c1c[nH]c(CCl)c1)N1CCc2ccccc2CC1. The van der Waals surface area contributed by atoms with Crippen molar-refractivity contribution in [2.45, 2.75) is 23.6 Å². The third-order valence-electron chi connectivity index (χ3n) is 3.88. The number of nitrogens with one attached hydrogen (secondary N) is 1. The minimum atomic E-state index is -3.45. The van der Waals surface area contributed by atoms with Crippen molar-refractivity contribution in [1.82, 2.24) is 9.29 Å². The maximum atomic E-state index is 12.7. The molecule has 0 atom stereocenters. The Bertz CT molecular complexity index is 713. The van der Waals surface area contributed by atoms with E-state index in [-0.39, 0.29) is 5.88 Å². The zero-order valence-corrected chi connectivity index (χ0v) is 13.1. The molecule has 0 bridgehead atoms. The summed E-state index contributed by atoms with van der Waals surface area (Å²) in [4.78, 5) is 3.19. The molecule has 0 radical (unpaired) electrons. The first kappa shape index (κ1) is 14.6. The summed E-state index contributed by atoms with van der Waals surface area (Å²) >= 11 is 5.72. The Morgan fingerprint density at radius 3 is 2.29 bits per heavy atom. The first-order valence-corrected chi connectivity index (χ1v) is 8.89. The number of rotatable bonds is 3. The van der Waals surface area contributed by atoms with E-state index in [9.17, 15) is 8.42 Å². The van der Waals surface area contributed by atoms with Gasteiger partial charge in [0.25, 0.3) is 0 Å². The third kappa shape index (κ3) is 2.86. The van der Waals surface area contributed by atoms with Gasteiger partial charge < -0.3 is 4.98 Å². The van der Waals surface area contributed by atoms with E-state index in [2.05, 4.69) is 17.1 Å². The molecule has 2 aromatic rings. The van der Waals surface area contributed by atoms with Crippen LogP contribution in [0.15, 0.2) is 41.4 Å². The van der Waals surface area contributed by atoms with Crippen LogP contribution in [0.25, 0.3) is 0 Å². The number of alkyl halides is 1. The van der Waals surface area contributed by atoms with E-state index >= 15 is 0 Å². The summed E-state index contributed by atoms with van der Waals surface area (Å²) in [5, 5.41) is 0. The molecule has 0 spiro atoms. The number of sulfonamides is 1. The minimum absolute atomic E-state index is 0.279. The van der Waals surface area contributed by atoms with Gasteiger partial charge in [0.1, 0.15) is 0 Å². The first-order chi connectivity index (χ1) is 10.1. The average Bonchev–Trinajstić information content (AvgIpc) is 2.87. The van der Waals surface area contributed by atoms with Gasteiger partial charge in [-0.3, -0.25) is 0 Å². The van der Waals surface area contributed by atoms with Crippen LogP contribution in [-0.2, 0) is 28.7 Å². The van der Waals surface area contributed by atoms with Gasteiger partial charge in [0.15, 0.2) is 0 Å². The predicted molar refractivity (Wildman–Crippen MR) is 83.0 cm³/mol. The monoisotopic (exact) mass is 324 g/mol. The van der Waals surface area contributed by atoms with Gasteiger partial charge in [-0.15, -0.1) is 11.6 Å². The van der Waals surface area contributed by atoms with E-state index in [0.29, 0.717) is 23.7 Å². The lowest BCUT2D eigenvalue weighted by atomic mass is 10.0. The van der Waals surface area contributed by atoms with E-state index in [1.54, 1.807) is 10.4 Å². The maximum absolute atomic E-state index is 12.7. The summed E-state index contributed by atoms with van der Waals surface area (Å²) in [7, 11) is -3.45. The Morgan fingerprint density at radius 2 is 1.76 bits per heavy atom. The molecule has 3 rings (SSSR count). The van der Waals surface area contributed by atoms with Crippen molar-refractivity contribution in [1.29, 1.82) is 0 Å². The number of hydrogen-bond donors (Lipinski definition) is 1. The van der Waals surface area contributed by atoms with Crippen LogP contribution in [0.4, 0.5) is 0 Å². The molecule has 1 aliphatic rings. The molecule has 1 aromatic carbocycles. The third-order valence-corrected chi connectivity index (χ3v) is 6.04. The van der Waals surface area contributed by atoms with Gasteiger partial charge in [-0.2, -0.15) is 4.31 Å². The molecule has 1 aromatic heterocycles. The molecule has 0 fully saturated rings. The van der Waals surface area contributed by atoms with Crippen LogP contribution >= 0.6 is 11.6 Å². The van der Waals surface area contributed by atoms with Gasteiger partial charge in [-0.05, 0) is 30.0 Å². The standard InChI is InChI=1S/C15H17ClN2O2S/c16-10-14-9-15(11-17-14)21(19,20)18-7-5-12-3-1-2-4-13(12)6-8-18/h1-4,9,11,17H,5-8,10H2. The second-order valence-electron chi connectivity index (χ2n) is 5.17. The van der Waals surface area contributed by atoms with Gasteiger partial charge in [0.2, 0.25) is 10.0 Å². The molecule has 4 nitrogen and oxygen atoms in total. The van der Waals surface area contributed by atoms with E-state index in [4.69, 9.17) is 11.6 Å². The van der Waals surface area contributed by atoms with Crippen molar-refractivity contribution in [2.75, 3.05) is 13.1 Å². The van der Waals surface area contributed by atoms with Crippen LogP contribution in [0, 0.1) is 0 Å². The lowest BCUT2D eigenvalue weighted by molar-refractivity contribution is 0.426. The van der Waals surface area contributed by atoms with Crippen molar-refractivity contribution in [3.63, 3.8) is 0 Å². The smallest absolute Gasteiger partial charge is 0.244 e. The number of aromatic amines is 1. The van der Waals surface area contributed by atoms with Crippen LogP contribution < -0.4 is 0 Å². The second-order valence-corrected chi connectivity index (χ2v) is 7.37. The predicted octanol–water partition coefficient (Wildman–Crippen LogP) is 2.54. The molecule has 0 saturated heterocycles. The highest BCUT2D eigenvalue weighted by Crippen LogP contribution is 2.22. The molecular formula is C15H17ClN2O2S.